The Bertz CT molecular complexity index is 1070. The van der Waals surface area contributed by atoms with Crippen molar-refractivity contribution in [3.8, 4) is 5.75 Å². The van der Waals surface area contributed by atoms with Gasteiger partial charge in [-0.25, -0.2) is 13.2 Å². The summed E-state index contributed by atoms with van der Waals surface area (Å²) < 4.78 is 37.4. The lowest BCUT2D eigenvalue weighted by Crippen LogP contribution is -2.50. The zero-order chi connectivity index (χ0) is 22.8. The summed E-state index contributed by atoms with van der Waals surface area (Å²) in [6.45, 7) is 6.63. The molecule has 1 saturated heterocycles. The summed E-state index contributed by atoms with van der Waals surface area (Å²) in [5.74, 6) is -0.162. The summed E-state index contributed by atoms with van der Waals surface area (Å²) >= 11 is 0. The molecular weight excluding hydrogens is 422 g/mol. The van der Waals surface area contributed by atoms with Gasteiger partial charge in [0.15, 0.2) is 0 Å². The van der Waals surface area contributed by atoms with Gasteiger partial charge < -0.3 is 19.4 Å². The van der Waals surface area contributed by atoms with Crippen molar-refractivity contribution in [2.24, 2.45) is 0 Å². The SMILES string of the molecule is CCOc1ccc(S(=O)(=O)N2CCN(C(=O)c3[nH]c(C)c(C(=O)OC)c3C)CC2)cc1. The molecule has 0 atom stereocenters. The molecule has 168 valence electrons. The van der Waals surface area contributed by atoms with E-state index in [1.807, 2.05) is 6.92 Å². The number of benzene rings is 1. The van der Waals surface area contributed by atoms with Crippen LogP contribution in [0.2, 0.25) is 0 Å². The minimum Gasteiger partial charge on any atom is -0.494 e. The van der Waals surface area contributed by atoms with Crippen LogP contribution in [0.4, 0.5) is 0 Å². The molecule has 1 N–H and O–H groups in total. The van der Waals surface area contributed by atoms with Gasteiger partial charge in [-0.05, 0) is 50.6 Å². The maximum Gasteiger partial charge on any atom is 0.339 e. The van der Waals surface area contributed by atoms with Crippen molar-refractivity contribution in [1.29, 1.82) is 0 Å². The third-order valence-corrected chi connectivity index (χ3v) is 7.25. The number of hydrogen-bond donors (Lipinski definition) is 1. The fourth-order valence-corrected chi connectivity index (χ4v) is 5.11. The van der Waals surface area contributed by atoms with Crippen LogP contribution in [-0.2, 0) is 14.8 Å². The average Bonchev–Trinajstić information content (AvgIpc) is 3.07. The van der Waals surface area contributed by atoms with E-state index in [0.717, 1.165) is 0 Å². The number of nitrogens with one attached hydrogen (secondary N) is 1. The van der Waals surface area contributed by atoms with Crippen molar-refractivity contribution in [2.45, 2.75) is 25.7 Å². The Hall–Kier alpha value is -2.85. The van der Waals surface area contributed by atoms with E-state index in [1.54, 1.807) is 30.9 Å². The van der Waals surface area contributed by atoms with Crippen LogP contribution in [0.15, 0.2) is 29.2 Å². The van der Waals surface area contributed by atoms with Crippen LogP contribution >= 0.6 is 0 Å². The topological polar surface area (TPSA) is 109 Å². The normalized spacial score (nSPS) is 15.0. The molecule has 2 aromatic rings. The Kier molecular flexibility index (Phi) is 6.71. The summed E-state index contributed by atoms with van der Waals surface area (Å²) in [5, 5.41) is 0. The minimum absolute atomic E-state index is 0.184. The summed E-state index contributed by atoms with van der Waals surface area (Å²) in [7, 11) is -2.37. The Balaban J connectivity index is 1.70. The second-order valence-corrected chi connectivity index (χ2v) is 9.16. The molecule has 1 aliphatic heterocycles. The van der Waals surface area contributed by atoms with Gasteiger partial charge in [-0.1, -0.05) is 0 Å². The van der Waals surface area contributed by atoms with E-state index in [0.29, 0.717) is 34.9 Å². The molecule has 0 bridgehead atoms. The molecular formula is C21H27N3O6S. The zero-order valence-electron chi connectivity index (χ0n) is 18.1. The number of hydrogen-bond acceptors (Lipinski definition) is 6. The Morgan fingerprint density at radius 1 is 1.06 bits per heavy atom. The molecule has 1 aromatic carbocycles. The van der Waals surface area contributed by atoms with Gasteiger partial charge in [0.25, 0.3) is 5.91 Å². The number of aromatic nitrogens is 1. The van der Waals surface area contributed by atoms with Crippen molar-refractivity contribution in [1.82, 2.24) is 14.2 Å². The number of amides is 1. The molecule has 1 amide bonds. The number of aromatic amines is 1. The van der Waals surface area contributed by atoms with E-state index < -0.39 is 16.0 Å². The Morgan fingerprint density at radius 2 is 1.68 bits per heavy atom. The molecule has 0 spiro atoms. The number of rotatable bonds is 6. The highest BCUT2D eigenvalue weighted by Gasteiger charge is 2.32. The maximum atomic E-state index is 13.0. The molecule has 31 heavy (non-hydrogen) atoms. The minimum atomic E-state index is -3.66. The fraction of sp³-hybridized carbons (Fsp3) is 0.429. The van der Waals surface area contributed by atoms with E-state index in [-0.39, 0.29) is 37.0 Å². The third kappa shape index (κ3) is 4.45. The standard InChI is InChI=1S/C21H27N3O6S/c1-5-30-16-6-8-17(9-7-16)31(27,28)24-12-10-23(11-13-24)20(25)19-14(2)18(15(3)22-19)21(26)29-4/h6-9,22H,5,10-13H2,1-4H3. The summed E-state index contributed by atoms with van der Waals surface area (Å²) in [5.41, 5.74) is 1.76. The van der Waals surface area contributed by atoms with Gasteiger partial charge in [0.2, 0.25) is 10.0 Å². The summed E-state index contributed by atoms with van der Waals surface area (Å²) in [6, 6.07) is 6.31. The summed E-state index contributed by atoms with van der Waals surface area (Å²) in [4.78, 5) is 29.7. The number of esters is 1. The molecule has 1 fully saturated rings. The number of methoxy groups -OCH3 is 1. The lowest BCUT2D eigenvalue weighted by atomic mass is 10.1. The van der Waals surface area contributed by atoms with Crippen LogP contribution in [0, 0.1) is 13.8 Å². The largest absolute Gasteiger partial charge is 0.494 e. The zero-order valence-corrected chi connectivity index (χ0v) is 18.9. The molecule has 2 heterocycles. The van der Waals surface area contributed by atoms with Gasteiger partial charge >= 0.3 is 5.97 Å². The number of carbonyl (C=O) groups excluding carboxylic acids is 2. The first-order valence-electron chi connectivity index (χ1n) is 10.0. The summed E-state index contributed by atoms with van der Waals surface area (Å²) in [6.07, 6.45) is 0. The first kappa shape index (κ1) is 22.8. The van der Waals surface area contributed by atoms with Crippen molar-refractivity contribution >= 4 is 21.9 Å². The van der Waals surface area contributed by atoms with Crippen molar-refractivity contribution < 1.29 is 27.5 Å². The van der Waals surface area contributed by atoms with E-state index in [4.69, 9.17) is 9.47 Å². The predicted octanol–water partition coefficient (Wildman–Crippen LogP) is 1.96. The van der Waals surface area contributed by atoms with Crippen molar-refractivity contribution in [3.05, 3.63) is 46.8 Å². The van der Waals surface area contributed by atoms with Crippen molar-refractivity contribution in [3.63, 3.8) is 0 Å². The van der Waals surface area contributed by atoms with Gasteiger partial charge in [0, 0.05) is 31.9 Å². The smallest absolute Gasteiger partial charge is 0.339 e. The molecule has 0 radical (unpaired) electrons. The second kappa shape index (κ2) is 9.11. The van der Waals surface area contributed by atoms with Gasteiger partial charge in [-0.3, -0.25) is 4.79 Å². The van der Waals surface area contributed by atoms with Crippen LogP contribution in [0.1, 0.15) is 39.0 Å². The number of carbonyl (C=O) groups is 2. The molecule has 0 unspecified atom stereocenters. The highest BCUT2D eigenvalue weighted by molar-refractivity contribution is 7.89. The highest BCUT2D eigenvalue weighted by Crippen LogP contribution is 2.23. The maximum absolute atomic E-state index is 13.0. The number of ether oxygens (including phenoxy) is 2. The van der Waals surface area contributed by atoms with E-state index >= 15 is 0 Å². The second-order valence-electron chi connectivity index (χ2n) is 7.22. The molecule has 1 aromatic heterocycles. The molecule has 3 rings (SSSR count). The predicted molar refractivity (Wildman–Crippen MR) is 114 cm³/mol. The molecule has 1 aliphatic rings. The average molecular weight is 450 g/mol. The van der Waals surface area contributed by atoms with Gasteiger partial charge in [-0.15, -0.1) is 0 Å². The van der Waals surface area contributed by atoms with Crippen LogP contribution in [0.3, 0.4) is 0 Å². The Morgan fingerprint density at radius 3 is 2.23 bits per heavy atom. The lowest BCUT2D eigenvalue weighted by Gasteiger charge is -2.34. The lowest BCUT2D eigenvalue weighted by molar-refractivity contribution is 0.0599. The van der Waals surface area contributed by atoms with Crippen LogP contribution in [-0.4, -0.2) is 74.4 Å². The number of aryl methyl sites for hydroxylation is 1. The first-order valence-corrected chi connectivity index (χ1v) is 11.4. The van der Waals surface area contributed by atoms with E-state index in [2.05, 4.69) is 4.98 Å². The highest BCUT2D eigenvalue weighted by atomic mass is 32.2. The van der Waals surface area contributed by atoms with Gasteiger partial charge in [0.1, 0.15) is 11.4 Å². The van der Waals surface area contributed by atoms with Crippen LogP contribution in [0.5, 0.6) is 5.75 Å². The number of H-pyrrole nitrogens is 1. The molecule has 10 heteroatoms. The van der Waals surface area contributed by atoms with E-state index in [9.17, 15) is 18.0 Å². The van der Waals surface area contributed by atoms with Crippen molar-refractivity contribution in [2.75, 3.05) is 39.9 Å². The Labute approximate surface area is 182 Å². The molecule has 0 saturated carbocycles. The molecule has 9 nitrogen and oxygen atoms in total. The fourth-order valence-electron chi connectivity index (χ4n) is 3.69. The number of sulfonamides is 1. The quantitative estimate of drug-likeness (QED) is 0.676. The van der Waals surface area contributed by atoms with E-state index in [1.165, 1.54) is 23.5 Å². The first-order chi connectivity index (χ1) is 14.7. The number of piperazine rings is 1. The van der Waals surface area contributed by atoms with Crippen LogP contribution in [0.25, 0.3) is 0 Å². The number of nitrogens with zero attached hydrogens (tertiary/aromatic N) is 2. The third-order valence-electron chi connectivity index (χ3n) is 5.34. The monoisotopic (exact) mass is 449 g/mol. The van der Waals surface area contributed by atoms with Gasteiger partial charge in [-0.2, -0.15) is 4.31 Å². The molecule has 0 aliphatic carbocycles. The van der Waals surface area contributed by atoms with Gasteiger partial charge in [0.05, 0.1) is 24.2 Å². The van der Waals surface area contributed by atoms with Crippen LogP contribution < -0.4 is 4.74 Å².